The van der Waals surface area contributed by atoms with Crippen molar-refractivity contribution in [3.63, 3.8) is 0 Å². The number of nitrogen functional groups attached to an aromatic ring is 1. The third kappa shape index (κ3) is 4.53. The minimum absolute atomic E-state index is 0.0274. The van der Waals surface area contributed by atoms with E-state index in [2.05, 4.69) is 5.32 Å². The fraction of sp³-hybridized carbons (Fsp3) is 0.235. The van der Waals surface area contributed by atoms with Crippen LogP contribution in [0.25, 0.3) is 0 Å². The molecule has 0 aliphatic carbocycles. The Labute approximate surface area is 124 Å². The Hall–Kier alpha value is -2.49. The first-order chi connectivity index (χ1) is 10.2. The van der Waals surface area contributed by atoms with E-state index in [-0.39, 0.29) is 5.91 Å². The highest BCUT2D eigenvalue weighted by atomic mass is 16.5. The molecule has 0 bridgehead atoms. The summed E-state index contributed by atoms with van der Waals surface area (Å²) in [4.78, 5) is 11.9. The maximum atomic E-state index is 11.9. The van der Waals surface area contributed by atoms with Crippen LogP contribution < -0.4 is 15.8 Å². The Balaban J connectivity index is 1.74. The fourth-order valence-electron chi connectivity index (χ4n) is 1.94. The lowest BCUT2D eigenvalue weighted by Gasteiger charge is -2.10. The molecule has 0 aliphatic heterocycles. The van der Waals surface area contributed by atoms with E-state index in [4.69, 9.17) is 10.5 Å². The molecule has 21 heavy (non-hydrogen) atoms. The van der Waals surface area contributed by atoms with Gasteiger partial charge in [-0.1, -0.05) is 24.3 Å². The van der Waals surface area contributed by atoms with Crippen LogP contribution in [0.1, 0.15) is 18.4 Å². The largest absolute Gasteiger partial charge is 0.494 e. The maximum absolute atomic E-state index is 11.9. The normalized spacial score (nSPS) is 10.1. The van der Waals surface area contributed by atoms with E-state index in [1.165, 1.54) is 0 Å². The molecule has 0 saturated heterocycles. The zero-order valence-corrected chi connectivity index (χ0v) is 12.1. The summed E-state index contributed by atoms with van der Waals surface area (Å²) in [6.45, 7) is 2.41. The quantitative estimate of drug-likeness (QED) is 0.631. The third-order valence-electron chi connectivity index (χ3n) is 3.21. The van der Waals surface area contributed by atoms with Crippen LogP contribution in [-0.4, -0.2) is 12.5 Å². The summed E-state index contributed by atoms with van der Waals surface area (Å²) in [5.41, 5.74) is 8.15. The van der Waals surface area contributed by atoms with Gasteiger partial charge in [-0.2, -0.15) is 0 Å². The van der Waals surface area contributed by atoms with Crippen molar-refractivity contribution in [2.45, 2.75) is 19.8 Å². The molecular formula is C17H20N2O2. The summed E-state index contributed by atoms with van der Waals surface area (Å²) in [5, 5.41) is 2.88. The predicted octanol–water partition coefficient (Wildman–Crippen LogP) is 3.37. The van der Waals surface area contributed by atoms with Gasteiger partial charge in [0.1, 0.15) is 5.75 Å². The van der Waals surface area contributed by atoms with E-state index < -0.39 is 0 Å². The molecule has 0 aliphatic rings. The number of ether oxygens (including phenoxy) is 1. The van der Waals surface area contributed by atoms with Crippen molar-refractivity contribution in [2.24, 2.45) is 0 Å². The van der Waals surface area contributed by atoms with Crippen molar-refractivity contribution in [2.75, 3.05) is 17.7 Å². The highest BCUT2D eigenvalue weighted by molar-refractivity contribution is 5.92. The van der Waals surface area contributed by atoms with E-state index in [0.29, 0.717) is 25.1 Å². The molecule has 4 heteroatoms. The van der Waals surface area contributed by atoms with Crippen LogP contribution in [0.5, 0.6) is 5.75 Å². The van der Waals surface area contributed by atoms with Gasteiger partial charge in [0.05, 0.1) is 6.61 Å². The van der Waals surface area contributed by atoms with Crippen molar-refractivity contribution in [1.29, 1.82) is 0 Å². The van der Waals surface area contributed by atoms with Gasteiger partial charge in [0.25, 0.3) is 0 Å². The lowest BCUT2D eigenvalue weighted by atomic mass is 10.1. The monoisotopic (exact) mass is 284 g/mol. The topological polar surface area (TPSA) is 64.3 Å². The number of anilines is 2. The third-order valence-corrected chi connectivity index (χ3v) is 3.21. The van der Waals surface area contributed by atoms with E-state index >= 15 is 0 Å². The van der Waals surface area contributed by atoms with Crippen LogP contribution in [0.4, 0.5) is 11.4 Å². The minimum atomic E-state index is -0.0274. The molecule has 2 aromatic rings. The Bertz CT molecular complexity index is 597. The molecule has 0 aromatic heterocycles. The van der Waals surface area contributed by atoms with Gasteiger partial charge < -0.3 is 15.8 Å². The summed E-state index contributed by atoms with van der Waals surface area (Å²) >= 11 is 0. The Kier molecular flexibility index (Phi) is 5.21. The van der Waals surface area contributed by atoms with Gasteiger partial charge in [-0.05, 0) is 43.2 Å². The SMILES string of the molecule is Cc1c(N)cccc1NC(=O)CCCOc1ccccc1. The van der Waals surface area contributed by atoms with Gasteiger partial charge in [-0.25, -0.2) is 0 Å². The number of amides is 1. The van der Waals surface area contributed by atoms with Crippen LogP contribution >= 0.6 is 0 Å². The lowest BCUT2D eigenvalue weighted by Crippen LogP contribution is -2.14. The standard InChI is InChI=1S/C17H20N2O2/c1-13-15(18)9-5-10-16(13)19-17(20)11-6-12-21-14-7-3-2-4-8-14/h2-5,7-10H,6,11-12,18H2,1H3,(H,19,20). The van der Waals surface area contributed by atoms with E-state index in [9.17, 15) is 4.79 Å². The molecule has 0 spiro atoms. The smallest absolute Gasteiger partial charge is 0.224 e. The van der Waals surface area contributed by atoms with Gasteiger partial charge in [-0.15, -0.1) is 0 Å². The summed E-state index contributed by atoms with van der Waals surface area (Å²) in [6.07, 6.45) is 1.09. The molecule has 0 radical (unpaired) electrons. The summed E-state index contributed by atoms with van der Waals surface area (Å²) < 4.78 is 5.55. The Morgan fingerprint density at radius 1 is 1.14 bits per heavy atom. The first-order valence-corrected chi connectivity index (χ1v) is 6.99. The van der Waals surface area contributed by atoms with E-state index in [0.717, 1.165) is 17.0 Å². The second kappa shape index (κ2) is 7.33. The molecule has 3 N–H and O–H groups in total. The first kappa shape index (κ1) is 14.9. The number of benzene rings is 2. The van der Waals surface area contributed by atoms with Crippen LogP contribution in [0.2, 0.25) is 0 Å². The van der Waals surface area contributed by atoms with Crippen molar-refractivity contribution >= 4 is 17.3 Å². The van der Waals surface area contributed by atoms with Gasteiger partial charge in [0.2, 0.25) is 5.91 Å². The number of hydrogen-bond acceptors (Lipinski definition) is 3. The zero-order chi connectivity index (χ0) is 15.1. The average Bonchev–Trinajstić information content (AvgIpc) is 2.49. The molecule has 1 amide bonds. The van der Waals surface area contributed by atoms with Crippen molar-refractivity contribution < 1.29 is 9.53 Å². The lowest BCUT2D eigenvalue weighted by molar-refractivity contribution is -0.116. The number of carbonyl (C=O) groups excluding carboxylic acids is 1. The van der Waals surface area contributed by atoms with Crippen LogP contribution in [-0.2, 0) is 4.79 Å². The summed E-state index contributed by atoms with van der Waals surface area (Å²) in [6, 6.07) is 15.1. The number of carbonyl (C=O) groups is 1. The van der Waals surface area contributed by atoms with Crippen LogP contribution in [0.15, 0.2) is 48.5 Å². The molecule has 2 aromatic carbocycles. The molecule has 4 nitrogen and oxygen atoms in total. The molecule has 0 atom stereocenters. The van der Waals surface area contributed by atoms with Gasteiger partial charge >= 0.3 is 0 Å². The maximum Gasteiger partial charge on any atom is 0.224 e. The molecular weight excluding hydrogens is 264 g/mol. The van der Waals surface area contributed by atoms with Gasteiger partial charge in [-0.3, -0.25) is 4.79 Å². The highest BCUT2D eigenvalue weighted by Gasteiger charge is 2.06. The number of nitrogens with one attached hydrogen (secondary N) is 1. The molecule has 2 rings (SSSR count). The fourth-order valence-corrected chi connectivity index (χ4v) is 1.94. The van der Waals surface area contributed by atoms with E-state index in [1.54, 1.807) is 0 Å². The minimum Gasteiger partial charge on any atom is -0.494 e. The van der Waals surface area contributed by atoms with Crippen LogP contribution in [0, 0.1) is 6.92 Å². The summed E-state index contributed by atoms with van der Waals surface area (Å²) in [5.74, 6) is 0.796. The molecule has 0 saturated carbocycles. The second-order valence-electron chi connectivity index (χ2n) is 4.83. The van der Waals surface area contributed by atoms with Crippen molar-refractivity contribution in [3.05, 3.63) is 54.1 Å². The summed E-state index contributed by atoms with van der Waals surface area (Å²) in [7, 11) is 0. The second-order valence-corrected chi connectivity index (χ2v) is 4.83. The first-order valence-electron chi connectivity index (χ1n) is 6.99. The molecule has 0 fully saturated rings. The molecule has 110 valence electrons. The predicted molar refractivity (Wildman–Crippen MR) is 85.4 cm³/mol. The molecule has 0 heterocycles. The van der Waals surface area contributed by atoms with Gasteiger partial charge in [0.15, 0.2) is 0 Å². The number of rotatable bonds is 6. The van der Waals surface area contributed by atoms with Gasteiger partial charge in [0, 0.05) is 17.8 Å². The number of para-hydroxylation sites is 1. The number of nitrogens with two attached hydrogens (primary N) is 1. The number of hydrogen-bond donors (Lipinski definition) is 2. The van der Waals surface area contributed by atoms with Crippen molar-refractivity contribution in [1.82, 2.24) is 0 Å². The van der Waals surface area contributed by atoms with E-state index in [1.807, 2.05) is 55.5 Å². The Morgan fingerprint density at radius 3 is 2.67 bits per heavy atom. The molecule has 0 unspecified atom stereocenters. The van der Waals surface area contributed by atoms with Crippen molar-refractivity contribution in [3.8, 4) is 5.75 Å². The highest BCUT2D eigenvalue weighted by Crippen LogP contribution is 2.20. The zero-order valence-electron chi connectivity index (χ0n) is 12.1. The average molecular weight is 284 g/mol. The Morgan fingerprint density at radius 2 is 1.90 bits per heavy atom. The van der Waals surface area contributed by atoms with Crippen LogP contribution in [0.3, 0.4) is 0 Å².